The number of hydrogen-bond donors (Lipinski definition) is 5. The summed E-state index contributed by atoms with van der Waals surface area (Å²) < 4.78 is 5.20. The van der Waals surface area contributed by atoms with Crippen LogP contribution in [-0.2, 0) is 9.53 Å². The monoisotopic (exact) mass is 462 g/mol. The second-order valence-electron chi connectivity index (χ2n) is 11.4. The minimum absolute atomic E-state index is 0.0136. The number of esters is 1. The molecular weight excluding hydrogens is 424 g/mol. The Bertz CT molecular complexity index is 862. The summed E-state index contributed by atoms with van der Waals surface area (Å²) >= 11 is 0. The van der Waals surface area contributed by atoms with Gasteiger partial charge in [-0.25, -0.2) is 4.79 Å². The normalized spacial score (nSPS) is 49.2. The van der Waals surface area contributed by atoms with Crippen molar-refractivity contribution >= 4 is 12.2 Å². The molecule has 0 spiro atoms. The molecule has 33 heavy (non-hydrogen) atoms. The molecule has 4 aliphatic carbocycles. The number of carbonyl (C=O) groups excluding carboxylic acids is 1. The lowest BCUT2D eigenvalue weighted by Gasteiger charge is -2.65. The van der Waals surface area contributed by atoms with E-state index < -0.39 is 22.7 Å². The summed E-state index contributed by atoms with van der Waals surface area (Å²) in [6.45, 7) is 2.82. The molecule has 0 bridgehead atoms. The van der Waals surface area contributed by atoms with Gasteiger partial charge in [0, 0.05) is 29.5 Å². The molecule has 5 rings (SSSR count). The topological polar surface area (TPSA) is 132 Å². The van der Waals surface area contributed by atoms with Gasteiger partial charge in [0.15, 0.2) is 0 Å². The van der Waals surface area contributed by atoms with Gasteiger partial charge in [0.2, 0.25) is 0 Å². The van der Waals surface area contributed by atoms with Crippen molar-refractivity contribution in [3.63, 3.8) is 0 Å². The molecule has 0 amide bonds. The van der Waals surface area contributed by atoms with Gasteiger partial charge in [0.1, 0.15) is 6.61 Å². The fraction of sp³-hybridized carbons (Fsp3) is 0.840. The van der Waals surface area contributed by atoms with Crippen molar-refractivity contribution < 1.29 is 30.0 Å². The third-order valence-corrected chi connectivity index (χ3v) is 10.2. The minimum atomic E-state index is -1.06. The van der Waals surface area contributed by atoms with Gasteiger partial charge >= 0.3 is 5.97 Å². The van der Waals surface area contributed by atoms with Crippen molar-refractivity contribution in [1.82, 2.24) is 5.43 Å². The van der Waals surface area contributed by atoms with Gasteiger partial charge in [-0.15, -0.1) is 0 Å². The first-order valence-corrected chi connectivity index (χ1v) is 12.6. The lowest BCUT2D eigenvalue weighted by atomic mass is 9.41. The zero-order valence-electron chi connectivity index (χ0n) is 19.5. The maximum absolute atomic E-state index is 12.3. The maximum Gasteiger partial charge on any atom is 0.331 e. The lowest BCUT2D eigenvalue weighted by molar-refractivity contribution is -0.237. The first-order chi connectivity index (χ1) is 15.7. The highest BCUT2D eigenvalue weighted by molar-refractivity contribution is 5.85. The molecule has 8 nitrogen and oxygen atoms in total. The molecule has 6 unspecified atom stereocenters. The Labute approximate surface area is 195 Å². The van der Waals surface area contributed by atoms with Crippen LogP contribution < -0.4 is 5.43 Å². The minimum Gasteiger partial charge on any atom is -0.458 e. The summed E-state index contributed by atoms with van der Waals surface area (Å²) in [7, 11) is 0. The number of nitrogens with zero attached hydrogens (tertiary/aromatic N) is 1. The molecule has 8 atom stereocenters. The van der Waals surface area contributed by atoms with E-state index in [-0.39, 0.29) is 35.7 Å². The second kappa shape index (κ2) is 8.04. The standard InChI is InChI=1S/C25H38N2O6/c1-22-6-3-19-20(25(22,32)9-5-18(22)16-12-21(30)33-14-16)4-8-24(31)13-17(29)2-7-23(19,24)15-27-26-10-11-28/h12,15,17-20,26,28-29,31-32H,2-11,13-14H2,1H3/b27-15+/t17?,18?,19?,20?,22-,23+,24?,25?/m1/s1. The Morgan fingerprint density at radius 3 is 2.67 bits per heavy atom. The van der Waals surface area contributed by atoms with E-state index in [0.717, 1.165) is 24.8 Å². The fourth-order valence-corrected chi connectivity index (χ4v) is 8.64. The van der Waals surface area contributed by atoms with Crippen LogP contribution in [0.2, 0.25) is 0 Å². The van der Waals surface area contributed by atoms with Crippen LogP contribution in [0.1, 0.15) is 64.7 Å². The zero-order valence-corrected chi connectivity index (χ0v) is 19.5. The third-order valence-electron chi connectivity index (χ3n) is 10.2. The van der Waals surface area contributed by atoms with Crippen molar-refractivity contribution in [2.45, 2.75) is 82.0 Å². The predicted octanol–water partition coefficient (Wildman–Crippen LogP) is 1.27. The summed E-state index contributed by atoms with van der Waals surface area (Å²) in [4.78, 5) is 11.7. The van der Waals surface area contributed by atoms with E-state index in [1.54, 1.807) is 6.08 Å². The van der Waals surface area contributed by atoms with E-state index in [0.29, 0.717) is 51.7 Å². The Morgan fingerprint density at radius 2 is 1.94 bits per heavy atom. The third kappa shape index (κ3) is 3.24. The largest absolute Gasteiger partial charge is 0.458 e. The Balaban J connectivity index is 1.50. The van der Waals surface area contributed by atoms with Crippen LogP contribution in [0.4, 0.5) is 0 Å². The average Bonchev–Trinajstić information content (AvgIpc) is 3.31. The molecule has 4 saturated carbocycles. The summed E-state index contributed by atoms with van der Waals surface area (Å²) in [5.74, 6) is -0.0955. The van der Waals surface area contributed by atoms with Crippen LogP contribution in [0.5, 0.6) is 0 Å². The second-order valence-corrected chi connectivity index (χ2v) is 11.4. The lowest BCUT2D eigenvalue weighted by Crippen LogP contribution is -2.68. The first kappa shape index (κ1) is 23.3. The summed E-state index contributed by atoms with van der Waals surface area (Å²) in [5.41, 5.74) is 0.968. The first-order valence-electron chi connectivity index (χ1n) is 12.6. The molecule has 0 aromatic heterocycles. The number of carbonyl (C=O) groups is 1. The number of aliphatic hydroxyl groups excluding tert-OH is 2. The number of ether oxygens (including phenoxy) is 1. The predicted molar refractivity (Wildman–Crippen MR) is 121 cm³/mol. The molecule has 8 heteroatoms. The molecule has 0 radical (unpaired) electrons. The van der Waals surface area contributed by atoms with E-state index in [1.165, 1.54) is 0 Å². The van der Waals surface area contributed by atoms with Crippen LogP contribution in [0.3, 0.4) is 0 Å². The van der Waals surface area contributed by atoms with E-state index >= 15 is 0 Å². The number of fused-ring (bicyclic) bond motifs is 5. The molecule has 1 aliphatic heterocycles. The molecule has 5 N–H and O–H groups in total. The van der Waals surface area contributed by atoms with E-state index in [9.17, 15) is 20.1 Å². The molecule has 4 fully saturated rings. The molecule has 5 aliphatic rings. The van der Waals surface area contributed by atoms with Gasteiger partial charge in [-0.3, -0.25) is 0 Å². The van der Waals surface area contributed by atoms with Gasteiger partial charge in [-0.05, 0) is 74.7 Å². The number of cyclic esters (lactones) is 1. The SMILES string of the molecule is C[C@]12CCC3C(CCC4(O)CC(O)CC[C@]34/C=N/NCCO)C1(O)CCC2C1=CC(=O)OC1. The van der Waals surface area contributed by atoms with E-state index in [2.05, 4.69) is 17.5 Å². The quantitative estimate of drug-likeness (QED) is 0.180. The van der Waals surface area contributed by atoms with Crippen molar-refractivity contribution in [3.05, 3.63) is 11.6 Å². The van der Waals surface area contributed by atoms with Crippen LogP contribution >= 0.6 is 0 Å². The maximum atomic E-state index is 12.3. The molecule has 184 valence electrons. The number of hydrogen-bond acceptors (Lipinski definition) is 8. The van der Waals surface area contributed by atoms with Gasteiger partial charge in [-0.1, -0.05) is 6.92 Å². The van der Waals surface area contributed by atoms with Gasteiger partial charge < -0.3 is 30.6 Å². The van der Waals surface area contributed by atoms with Crippen molar-refractivity contribution in [3.8, 4) is 0 Å². The van der Waals surface area contributed by atoms with E-state index in [4.69, 9.17) is 9.84 Å². The number of hydrazone groups is 1. The summed E-state index contributed by atoms with van der Waals surface area (Å²) in [6, 6.07) is 0. The highest BCUT2D eigenvalue weighted by Crippen LogP contribution is 2.70. The van der Waals surface area contributed by atoms with Gasteiger partial charge in [-0.2, -0.15) is 5.10 Å². The molecule has 0 saturated heterocycles. The summed E-state index contributed by atoms with van der Waals surface area (Å²) in [6.07, 6.45) is 8.88. The molecule has 0 aromatic carbocycles. The smallest absolute Gasteiger partial charge is 0.331 e. The van der Waals surface area contributed by atoms with E-state index in [1.807, 2.05) is 6.21 Å². The van der Waals surface area contributed by atoms with Crippen molar-refractivity contribution in [2.75, 3.05) is 19.8 Å². The van der Waals surface area contributed by atoms with Crippen LogP contribution in [0.25, 0.3) is 0 Å². The Kier molecular flexibility index (Phi) is 5.67. The van der Waals surface area contributed by atoms with Crippen molar-refractivity contribution in [1.29, 1.82) is 0 Å². The fourth-order valence-electron chi connectivity index (χ4n) is 8.64. The summed E-state index contributed by atoms with van der Waals surface area (Å²) in [5, 5.41) is 48.1. The zero-order chi connectivity index (χ0) is 23.5. The molecular formula is C25H38N2O6. The number of nitrogens with one attached hydrogen (secondary N) is 1. The van der Waals surface area contributed by atoms with Gasteiger partial charge in [0.05, 0.1) is 30.5 Å². The van der Waals surface area contributed by atoms with Gasteiger partial charge in [0.25, 0.3) is 0 Å². The van der Waals surface area contributed by atoms with Crippen LogP contribution in [0.15, 0.2) is 16.8 Å². The van der Waals surface area contributed by atoms with Crippen molar-refractivity contribution in [2.24, 2.45) is 33.7 Å². The highest BCUT2D eigenvalue weighted by Gasteiger charge is 2.71. The average molecular weight is 463 g/mol. The molecule has 1 heterocycles. The number of aliphatic hydroxyl groups is 4. The van der Waals surface area contributed by atoms with Crippen LogP contribution in [-0.4, -0.2) is 69.7 Å². The Morgan fingerprint density at radius 1 is 1.15 bits per heavy atom. The Hall–Kier alpha value is -1.48. The number of rotatable bonds is 5. The molecule has 0 aromatic rings. The highest BCUT2D eigenvalue weighted by atomic mass is 16.5. The van der Waals surface area contributed by atoms with Crippen LogP contribution in [0, 0.1) is 28.6 Å².